The Kier molecular flexibility index (Phi) is 5.55. The summed E-state index contributed by atoms with van der Waals surface area (Å²) in [5.41, 5.74) is 3.63. The van der Waals surface area contributed by atoms with Crippen molar-refractivity contribution in [1.29, 1.82) is 0 Å². The first-order valence-corrected chi connectivity index (χ1v) is 7.21. The lowest BCUT2D eigenvalue weighted by atomic mass is 10.1. The Morgan fingerprint density at radius 1 is 1.23 bits per heavy atom. The summed E-state index contributed by atoms with van der Waals surface area (Å²) in [7, 11) is 0. The molecule has 2 aromatic rings. The molecular formula is C17H17ClN2O2. The van der Waals surface area contributed by atoms with E-state index in [1.54, 1.807) is 18.3 Å². The van der Waals surface area contributed by atoms with Gasteiger partial charge in [0.05, 0.1) is 6.21 Å². The van der Waals surface area contributed by atoms with Crippen LogP contribution in [0.25, 0.3) is 0 Å². The summed E-state index contributed by atoms with van der Waals surface area (Å²) in [4.78, 5) is 16.7. The average molecular weight is 317 g/mol. The largest absolute Gasteiger partial charge is 0.386 e. The van der Waals surface area contributed by atoms with Crippen LogP contribution in [0, 0.1) is 13.8 Å². The van der Waals surface area contributed by atoms with E-state index in [0.717, 1.165) is 16.7 Å². The summed E-state index contributed by atoms with van der Waals surface area (Å²) in [6.07, 6.45) is 1.59. The molecule has 1 amide bonds. The van der Waals surface area contributed by atoms with Crippen LogP contribution in [-0.2, 0) is 9.63 Å². The second-order valence-corrected chi connectivity index (χ2v) is 5.28. The van der Waals surface area contributed by atoms with Gasteiger partial charge in [0, 0.05) is 10.7 Å². The molecule has 0 unspecified atom stereocenters. The second kappa shape index (κ2) is 7.61. The van der Waals surface area contributed by atoms with Gasteiger partial charge < -0.3 is 10.2 Å². The molecule has 0 spiro atoms. The fourth-order valence-corrected chi connectivity index (χ4v) is 1.97. The van der Waals surface area contributed by atoms with Crippen LogP contribution in [0.2, 0.25) is 5.02 Å². The number of anilines is 1. The summed E-state index contributed by atoms with van der Waals surface area (Å²) >= 11 is 6.00. The number of oxime groups is 1. The molecular weight excluding hydrogens is 300 g/mol. The van der Waals surface area contributed by atoms with Crippen LogP contribution in [-0.4, -0.2) is 18.7 Å². The Bertz CT molecular complexity index is 699. The zero-order chi connectivity index (χ0) is 15.9. The summed E-state index contributed by atoms with van der Waals surface area (Å²) in [6, 6.07) is 13.1. The Morgan fingerprint density at radius 2 is 2.00 bits per heavy atom. The van der Waals surface area contributed by atoms with Crippen LogP contribution < -0.4 is 5.32 Å². The summed E-state index contributed by atoms with van der Waals surface area (Å²) in [5.74, 6) is -0.290. The molecule has 22 heavy (non-hydrogen) atoms. The molecule has 0 aliphatic rings. The number of rotatable bonds is 5. The van der Waals surface area contributed by atoms with Crippen LogP contribution in [0.15, 0.2) is 47.6 Å². The van der Waals surface area contributed by atoms with E-state index >= 15 is 0 Å². The first-order chi connectivity index (χ1) is 10.6. The average Bonchev–Trinajstić information content (AvgIpc) is 2.49. The van der Waals surface area contributed by atoms with E-state index in [-0.39, 0.29) is 12.5 Å². The molecule has 0 saturated carbocycles. The van der Waals surface area contributed by atoms with E-state index in [1.807, 2.05) is 44.2 Å². The second-order valence-electron chi connectivity index (χ2n) is 4.88. The monoisotopic (exact) mass is 316 g/mol. The quantitative estimate of drug-likeness (QED) is 0.671. The van der Waals surface area contributed by atoms with E-state index in [1.165, 1.54) is 0 Å². The first-order valence-electron chi connectivity index (χ1n) is 6.83. The number of nitrogens with zero attached hydrogens (tertiary/aromatic N) is 1. The van der Waals surface area contributed by atoms with Gasteiger partial charge in [-0.2, -0.15) is 0 Å². The molecule has 2 rings (SSSR count). The SMILES string of the molecule is Cc1ccc(NC(=O)CO/N=C/c2ccccc2C)cc1Cl. The normalized spacial score (nSPS) is 10.7. The number of hydrogen-bond acceptors (Lipinski definition) is 3. The lowest BCUT2D eigenvalue weighted by Crippen LogP contribution is -2.17. The molecule has 0 aromatic heterocycles. The Hall–Kier alpha value is -2.33. The standard InChI is InChI=1S/C17H17ClN2O2/c1-12-5-3-4-6-14(12)10-19-22-11-17(21)20-15-8-7-13(2)16(18)9-15/h3-10H,11H2,1-2H3,(H,20,21)/b19-10+. The molecule has 4 nitrogen and oxygen atoms in total. The zero-order valence-electron chi connectivity index (χ0n) is 12.5. The van der Waals surface area contributed by atoms with Gasteiger partial charge in [-0.15, -0.1) is 0 Å². The van der Waals surface area contributed by atoms with Crippen LogP contribution in [0.1, 0.15) is 16.7 Å². The van der Waals surface area contributed by atoms with Crippen molar-refractivity contribution in [3.63, 3.8) is 0 Å². The summed E-state index contributed by atoms with van der Waals surface area (Å²) < 4.78 is 0. The number of nitrogens with one attached hydrogen (secondary N) is 1. The minimum absolute atomic E-state index is 0.159. The maximum absolute atomic E-state index is 11.7. The van der Waals surface area contributed by atoms with Gasteiger partial charge in [0.25, 0.3) is 5.91 Å². The highest BCUT2D eigenvalue weighted by atomic mass is 35.5. The predicted octanol–water partition coefficient (Wildman–Crippen LogP) is 3.95. The molecule has 114 valence electrons. The van der Waals surface area contributed by atoms with Crippen molar-refractivity contribution >= 4 is 29.4 Å². The van der Waals surface area contributed by atoms with E-state index in [0.29, 0.717) is 10.7 Å². The number of carbonyl (C=O) groups is 1. The van der Waals surface area contributed by atoms with Crippen molar-refractivity contribution in [2.45, 2.75) is 13.8 Å². The minimum atomic E-state index is -0.290. The van der Waals surface area contributed by atoms with Crippen molar-refractivity contribution in [1.82, 2.24) is 0 Å². The molecule has 2 aromatic carbocycles. The number of amides is 1. The summed E-state index contributed by atoms with van der Waals surface area (Å²) in [5, 5.41) is 7.11. The highest BCUT2D eigenvalue weighted by Gasteiger charge is 2.04. The lowest BCUT2D eigenvalue weighted by Gasteiger charge is -2.06. The molecule has 0 heterocycles. The van der Waals surface area contributed by atoms with Gasteiger partial charge >= 0.3 is 0 Å². The molecule has 5 heteroatoms. The number of benzene rings is 2. The fraction of sp³-hybridized carbons (Fsp3) is 0.176. The highest BCUT2D eigenvalue weighted by molar-refractivity contribution is 6.31. The van der Waals surface area contributed by atoms with Crippen molar-refractivity contribution < 1.29 is 9.63 Å². The first kappa shape index (κ1) is 16.0. The molecule has 0 atom stereocenters. The third-order valence-corrected chi connectivity index (χ3v) is 3.51. The third-order valence-electron chi connectivity index (χ3n) is 3.11. The maximum atomic E-state index is 11.7. The highest BCUT2D eigenvalue weighted by Crippen LogP contribution is 2.19. The van der Waals surface area contributed by atoms with Gasteiger partial charge in [-0.3, -0.25) is 4.79 Å². The molecule has 0 radical (unpaired) electrons. The van der Waals surface area contributed by atoms with Gasteiger partial charge in [0.1, 0.15) is 0 Å². The fourth-order valence-electron chi connectivity index (χ4n) is 1.79. The van der Waals surface area contributed by atoms with Crippen molar-refractivity contribution in [3.05, 3.63) is 64.2 Å². The van der Waals surface area contributed by atoms with Gasteiger partial charge in [0.15, 0.2) is 6.61 Å². The molecule has 0 aliphatic heterocycles. The number of aryl methyl sites for hydroxylation is 2. The van der Waals surface area contributed by atoms with E-state index in [9.17, 15) is 4.79 Å². The van der Waals surface area contributed by atoms with E-state index < -0.39 is 0 Å². The summed E-state index contributed by atoms with van der Waals surface area (Å²) in [6.45, 7) is 3.72. The van der Waals surface area contributed by atoms with Gasteiger partial charge in [-0.1, -0.05) is 47.1 Å². The number of carbonyl (C=O) groups excluding carboxylic acids is 1. The van der Waals surface area contributed by atoms with E-state index in [4.69, 9.17) is 16.4 Å². The van der Waals surface area contributed by atoms with Crippen LogP contribution in [0.3, 0.4) is 0 Å². The maximum Gasteiger partial charge on any atom is 0.265 e. The van der Waals surface area contributed by atoms with Crippen LogP contribution in [0.5, 0.6) is 0 Å². The Balaban J connectivity index is 1.83. The lowest BCUT2D eigenvalue weighted by molar-refractivity contribution is -0.120. The molecule has 0 saturated heterocycles. The van der Waals surface area contributed by atoms with Crippen molar-refractivity contribution in [2.24, 2.45) is 5.16 Å². The van der Waals surface area contributed by atoms with Crippen LogP contribution in [0.4, 0.5) is 5.69 Å². The number of hydrogen-bond donors (Lipinski definition) is 1. The number of halogens is 1. The van der Waals surface area contributed by atoms with Crippen LogP contribution >= 0.6 is 11.6 Å². The Morgan fingerprint density at radius 3 is 2.73 bits per heavy atom. The van der Waals surface area contributed by atoms with E-state index in [2.05, 4.69) is 10.5 Å². The van der Waals surface area contributed by atoms with Crippen molar-refractivity contribution in [3.8, 4) is 0 Å². The predicted molar refractivity (Wildman–Crippen MR) is 89.5 cm³/mol. The smallest absolute Gasteiger partial charge is 0.265 e. The molecule has 0 aliphatic carbocycles. The van der Waals surface area contributed by atoms with Gasteiger partial charge in [-0.25, -0.2) is 0 Å². The van der Waals surface area contributed by atoms with Gasteiger partial charge in [0.2, 0.25) is 0 Å². The molecule has 0 fully saturated rings. The Labute approximate surface area is 134 Å². The molecule has 0 bridgehead atoms. The topological polar surface area (TPSA) is 50.7 Å². The molecule has 1 N–H and O–H groups in total. The van der Waals surface area contributed by atoms with Crippen molar-refractivity contribution in [2.75, 3.05) is 11.9 Å². The minimum Gasteiger partial charge on any atom is -0.386 e. The van der Waals surface area contributed by atoms with Gasteiger partial charge in [-0.05, 0) is 42.7 Å². The zero-order valence-corrected chi connectivity index (χ0v) is 13.2. The third kappa shape index (κ3) is 4.60.